The van der Waals surface area contributed by atoms with Gasteiger partial charge < -0.3 is 15.4 Å². The van der Waals surface area contributed by atoms with Crippen molar-refractivity contribution in [2.24, 2.45) is 0 Å². The normalized spacial score (nSPS) is 12.1. The number of amides is 1. The van der Waals surface area contributed by atoms with Crippen molar-refractivity contribution in [1.82, 2.24) is 20.3 Å². The molecule has 0 saturated heterocycles. The number of aromatic amines is 1. The summed E-state index contributed by atoms with van der Waals surface area (Å²) in [7, 11) is 0. The summed E-state index contributed by atoms with van der Waals surface area (Å²) >= 11 is 1.40. The number of thioether (sulfide) groups is 1. The quantitative estimate of drug-likeness (QED) is 0.328. The molecule has 0 radical (unpaired) electrons. The molecule has 2 aromatic carbocycles. The maximum atomic E-state index is 12.8. The standard InChI is InChI=1S/C25H24N4O3S/c1-15(2)16-3-6-19(7-4-16)33-14-22(25(31)32)29-24(30)18-5-8-20-21(13-18)28-23(27-20)17-9-11-26-12-10-17/h3-13,15,22H,14H2,1-2H3,(H,27,28)(H,29,30)(H,31,32). The van der Waals surface area contributed by atoms with E-state index < -0.39 is 17.9 Å². The first-order valence-corrected chi connectivity index (χ1v) is 11.6. The van der Waals surface area contributed by atoms with Crippen LogP contribution in [-0.2, 0) is 4.79 Å². The van der Waals surface area contributed by atoms with E-state index in [1.807, 2.05) is 36.4 Å². The van der Waals surface area contributed by atoms with Gasteiger partial charge in [-0.25, -0.2) is 9.78 Å². The monoisotopic (exact) mass is 460 g/mol. The number of fused-ring (bicyclic) bond motifs is 1. The van der Waals surface area contributed by atoms with Crippen LogP contribution in [0.15, 0.2) is 71.9 Å². The van der Waals surface area contributed by atoms with Gasteiger partial charge >= 0.3 is 5.97 Å². The summed E-state index contributed by atoms with van der Waals surface area (Å²) in [6.07, 6.45) is 3.37. The van der Waals surface area contributed by atoms with E-state index in [0.717, 1.165) is 10.5 Å². The number of carbonyl (C=O) groups excluding carboxylic acids is 1. The van der Waals surface area contributed by atoms with Crippen LogP contribution in [0.4, 0.5) is 0 Å². The lowest BCUT2D eigenvalue weighted by Gasteiger charge is -2.15. The lowest BCUT2D eigenvalue weighted by Crippen LogP contribution is -2.42. The zero-order valence-electron chi connectivity index (χ0n) is 18.3. The van der Waals surface area contributed by atoms with Crippen molar-refractivity contribution in [2.75, 3.05) is 5.75 Å². The highest BCUT2D eigenvalue weighted by atomic mass is 32.2. The fourth-order valence-electron chi connectivity index (χ4n) is 3.34. The number of aromatic nitrogens is 3. The number of benzene rings is 2. The third-order valence-corrected chi connectivity index (χ3v) is 6.37. The predicted molar refractivity (Wildman–Crippen MR) is 129 cm³/mol. The Balaban J connectivity index is 1.45. The van der Waals surface area contributed by atoms with E-state index in [9.17, 15) is 14.7 Å². The largest absolute Gasteiger partial charge is 0.480 e. The first kappa shape index (κ1) is 22.5. The maximum absolute atomic E-state index is 12.8. The average molecular weight is 461 g/mol. The number of aliphatic carboxylic acids is 1. The SMILES string of the molecule is CC(C)c1ccc(SCC(NC(=O)c2ccc3nc(-c4ccncc4)[nH]c3c2)C(=O)O)cc1. The molecule has 0 bridgehead atoms. The van der Waals surface area contributed by atoms with Crippen molar-refractivity contribution >= 4 is 34.7 Å². The number of nitrogens with one attached hydrogen (secondary N) is 2. The van der Waals surface area contributed by atoms with Gasteiger partial charge in [0.05, 0.1) is 11.0 Å². The minimum absolute atomic E-state index is 0.223. The van der Waals surface area contributed by atoms with Crippen LogP contribution in [0, 0.1) is 0 Å². The number of H-pyrrole nitrogens is 1. The Morgan fingerprint density at radius 2 is 1.79 bits per heavy atom. The summed E-state index contributed by atoms with van der Waals surface area (Å²) in [6, 6.07) is 15.8. The van der Waals surface area contributed by atoms with Crippen LogP contribution in [0.5, 0.6) is 0 Å². The van der Waals surface area contributed by atoms with E-state index in [2.05, 4.69) is 34.1 Å². The third kappa shape index (κ3) is 5.40. The molecule has 4 aromatic rings. The van der Waals surface area contributed by atoms with E-state index in [0.29, 0.717) is 28.3 Å². The number of hydrogen-bond acceptors (Lipinski definition) is 5. The second-order valence-corrected chi connectivity index (χ2v) is 9.05. The Kier molecular flexibility index (Phi) is 6.74. The van der Waals surface area contributed by atoms with Gasteiger partial charge in [-0.2, -0.15) is 0 Å². The number of rotatable bonds is 8. The molecule has 0 aliphatic carbocycles. The Hall–Kier alpha value is -3.65. The van der Waals surface area contributed by atoms with Crippen LogP contribution >= 0.6 is 11.8 Å². The number of pyridine rings is 1. The molecule has 1 unspecified atom stereocenters. The Labute approximate surface area is 195 Å². The number of imidazole rings is 1. The van der Waals surface area contributed by atoms with E-state index in [-0.39, 0.29) is 5.75 Å². The summed E-state index contributed by atoms with van der Waals surface area (Å²) in [4.78, 5) is 37.2. The molecule has 0 spiro atoms. The zero-order valence-corrected chi connectivity index (χ0v) is 19.1. The van der Waals surface area contributed by atoms with Crippen LogP contribution in [-0.4, -0.2) is 43.7 Å². The number of hydrogen-bond donors (Lipinski definition) is 3. The van der Waals surface area contributed by atoms with Crippen molar-refractivity contribution < 1.29 is 14.7 Å². The van der Waals surface area contributed by atoms with Gasteiger partial charge in [-0.15, -0.1) is 11.8 Å². The van der Waals surface area contributed by atoms with Gasteiger partial charge in [0.2, 0.25) is 0 Å². The highest BCUT2D eigenvalue weighted by molar-refractivity contribution is 7.99. The van der Waals surface area contributed by atoms with Crippen LogP contribution < -0.4 is 5.32 Å². The van der Waals surface area contributed by atoms with Gasteiger partial charge in [0.25, 0.3) is 5.91 Å². The molecule has 0 fully saturated rings. The fourth-order valence-corrected chi connectivity index (χ4v) is 4.26. The molecule has 0 aliphatic heterocycles. The molecule has 33 heavy (non-hydrogen) atoms. The lowest BCUT2D eigenvalue weighted by molar-refractivity contribution is -0.138. The molecule has 1 atom stereocenters. The van der Waals surface area contributed by atoms with Crippen LogP contribution in [0.3, 0.4) is 0 Å². The van der Waals surface area contributed by atoms with E-state index in [1.54, 1.807) is 30.6 Å². The number of carboxylic acids is 1. The number of nitrogens with zero attached hydrogens (tertiary/aromatic N) is 2. The van der Waals surface area contributed by atoms with Gasteiger partial charge in [-0.1, -0.05) is 26.0 Å². The maximum Gasteiger partial charge on any atom is 0.327 e. The third-order valence-electron chi connectivity index (χ3n) is 5.26. The van der Waals surface area contributed by atoms with Gasteiger partial charge in [-0.3, -0.25) is 9.78 Å². The second-order valence-electron chi connectivity index (χ2n) is 7.95. The minimum Gasteiger partial charge on any atom is -0.480 e. The first-order chi connectivity index (χ1) is 15.9. The molecule has 2 aromatic heterocycles. The topological polar surface area (TPSA) is 108 Å². The number of carbonyl (C=O) groups is 2. The van der Waals surface area contributed by atoms with Gasteiger partial charge in [0.15, 0.2) is 0 Å². The van der Waals surface area contributed by atoms with Crippen molar-refractivity contribution in [3.63, 3.8) is 0 Å². The van der Waals surface area contributed by atoms with E-state index >= 15 is 0 Å². The van der Waals surface area contributed by atoms with Crippen molar-refractivity contribution in [3.05, 3.63) is 78.1 Å². The zero-order chi connectivity index (χ0) is 23.4. The summed E-state index contributed by atoms with van der Waals surface area (Å²) in [5.74, 6) is -0.186. The molecule has 8 heteroatoms. The highest BCUT2D eigenvalue weighted by Crippen LogP contribution is 2.23. The van der Waals surface area contributed by atoms with Gasteiger partial charge in [0, 0.05) is 34.2 Å². The van der Waals surface area contributed by atoms with Crippen molar-refractivity contribution in [2.45, 2.75) is 30.7 Å². The Morgan fingerprint density at radius 3 is 2.45 bits per heavy atom. The fraction of sp³-hybridized carbons (Fsp3) is 0.200. The molecule has 0 saturated carbocycles. The van der Waals surface area contributed by atoms with E-state index in [1.165, 1.54) is 17.3 Å². The first-order valence-electron chi connectivity index (χ1n) is 10.6. The Morgan fingerprint density at radius 1 is 1.06 bits per heavy atom. The van der Waals surface area contributed by atoms with Crippen molar-refractivity contribution in [3.8, 4) is 11.4 Å². The summed E-state index contributed by atoms with van der Waals surface area (Å²) in [6.45, 7) is 4.25. The van der Waals surface area contributed by atoms with Gasteiger partial charge in [-0.05, 0) is 53.9 Å². The summed E-state index contributed by atoms with van der Waals surface area (Å²) < 4.78 is 0. The molecule has 3 N–H and O–H groups in total. The van der Waals surface area contributed by atoms with E-state index in [4.69, 9.17) is 0 Å². The van der Waals surface area contributed by atoms with Crippen LogP contribution in [0.25, 0.3) is 22.4 Å². The van der Waals surface area contributed by atoms with Gasteiger partial charge in [0.1, 0.15) is 11.9 Å². The molecule has 2 heterocycles. The molecule has 0 aliphatic rings. The average Bonchev–Trinajstić information content (AvgIpc) is 3.25. The number of carboxylic acid groups (broad SMARTS) is 1. The second kappa shape index (κ2) is 9.87. The minimum atomic E-state index is -1.07. The van der Waals surface area contributed by atoms with Crippen LogP contribution in [0.2, 0.25) is 0 Å². The predicted octanol–water partition coefficient (Wildman–Crippen LogP) is 4.72. The van der Waals surface area contributed by atoms with Crippen molar-refractivity contribution in [1.29, 1.82) is 0 Å². The molecule has 1 amide bonds. The molecule has 7 nitrogen and oxygen atoms in total. The van der Waals surface area contributed by atoms with Crippen LogP contribution in [0.1, 0.15) is 35.7 Å². The molecule has 168 valence electrons. The molecule has 4 rings (SSSR count). The smallest absolute Gasteiger partial charge is 0.327 e. The summed E-state index contributed by atoms with van der Waals surface area (Å²) in [5, 5.41) is 12.2. The summed E-state index contributed by atoms with van der Waals surface area (Å²) in [5.41, 5.74) is 3.89. The Bertz CT molecular complexity index is 1270. The lowest BCUT2D eigenvalue weighted by atomic mass is 10.0. The molecular formula is C25H24N4O3S. The molecular weight excluding hydrogens is 436 g/mol. The highest BCUT2D eigenvalue weighted by Gasteiger charge is 2.21.